The second-order valence-corrected chi connectivity index (χ2v) is 10.0. The first kappa shape index (κ1) is 15.9. The van der Waals surface area contributed by atoms with Crippen molar-refractivity contribution < 1.29 is 4.79 Å². The molecule has 0 heterocycles. The molecule has 128 valence electrons. The molecule has 1 heteroatoms. The Balaban J connectivity index is 1.75. The van der Waals surface area contributed by atoms with Gasteiger partial charge in [-0.25, -0.2) is 0 Å². The zero-order valence-corrected chi connectivity index (χ0v) is 15.7. The number of fused-ring (bicyclic) bond motifs is 5. The minimum atomic E-state index is 0.0168. The molecule has 3 saturated carbocycles. The number of Topliss-reactive ketones (excluding diaryl/α,β-unsaturated/α-hetero) is 1. The van der Waals surface area contributed by atoms with Crippen LogP contribution in [-0.2, 0) is 4.79 Å². The third-order valence-corrected chi connectivity index (χ3v) is 8.95. The summed E-state index contributed by atoms with van der Waals surface area (Å²) in [6.07, 6.45) is 8.45. The van der Waals surface area contributed by atoms with Gasteiger partial charge in [-0.15, -0.1) is 0 Å². The largest absolute Gasteiger partial charge is 0.299 e. The SMILES string of the molecule is CC1=C2CC(C)C(C)C[C@]2(C)[C@@H]2CC[C@]3(C)C(=O)CC[C@H]3[C@@H]2C1. The van der Waals surface area contributed by atoms with Crippen molar-refractivity contribution in [1.82, 2.24) is 0 Å². The molecule has 0 saturated heterocycles. The van der Waals surface area contributed by atoms with Crippen molar-refractivity contribution >= 4 is 5.78 Å². The summed E-state index contributed by atoms with van der Waals surface area (Å²) in [6.45, 7) is 12.2. The summed E-state index contributed by atoms with van der Waals surface area (Å²) in [6, 6.07) is 0. The van der Waals surface area contributed by atoms with Crippen LogP contribution >= 0.6 is 0 Å². The van der Waals surface area contributed by atoms with E-state index in [2.05, 4.69) is 34.6 Å². The van der Waals surface area contributed by atoms with Gasteiger partial charge in [-0.05, 0) is 80.5 Å². The molecule has 4 aliphatic rings. The van der Waals surface area contributed by atoms with Gasteiger partial charge >= 0.3 is 0 Å². The molecule has 0 amide bonds. The quantitative estimate of drug-likeness (QED) is 0.517. The maximum atomic E-state index is 12.5. The molecule has 1 nitrogen and oxygen atoms in total. The van der Waals surface area contributed by atoms with Gasteiger partial charge in [-0.1, -0.05) is 38.8 Å². The maximum Gasteiger partial charge on any atom is 0.139 e. The molecule has 0 aromatic heterocycles. The van der Waals surface area contributed by atoms with Gasteiger partial charge in [0.2, 0.25) is 0 Å². The number of carbonyl (C=O) groups is 1. The van der Waals surface area contributed by atoms with Crippen molar-refractivity contribution in [2.75, 3.05) is 0 Å². The fraction of sp³-hybridized carbons (Fsp3) is 0.864. The topological polar surface area (TPSA) is 17.1 Å². The number of rotatable bonds is 0. The molecule has 7 atom stereocenters. The lowest BCUT2D eigenvalue weighted by Crippen LogP contribution is -2.51. The van der Waals surface area contributed by atoms with Crippen LogP contribution in [0.5, 0.6) is 0 Å². The Kier molecular flexibility index (Phi) is 3.43. The molecule has 0 spiro atoms. The van der Waals surface area contributed by atoms with Gasteiger partial charge < -0.3 is 0 Å². The highest BCUT2D eigenvalue weighted by Gasteiger charge is 2.59. The highest BCUT2D eigenvalue weighted by molar-refractivity contribution is 5.87. The number of hydrogen-bond acceptors (Lipinski definition) is 1. The molecule has 4 rings (SSSR count). The van der Waals surface area contributed by atoms with Gasteiger partial charge in [-0.2, -0.15) is 0 Å². The fourth-order valence-corrected chi connectivity index (χ4v) is 7.40. The standard InChI is InChI=1S/C22H34O/c1-13-11-19-14(2)10-16-17-6-7-20(23)21(17,4)9-8-18(16)22(19,5)12-15(13)3/h13,15-18H,6-12H2,1-5H3/t13?,15?,16-,17-,18+,21-,22+/m0/s1. The van der Waals surface area contributed by atoms with E-state index >= 15 is 0 Å². The molecule has 2 unspecified atom stereocenters. The van der Waals surface area contributed by atoms with Crippen LogP contribution in [0.2, 0.25) is 0 Å². The molecule has 0 radical (unpaired) electrons. The van der Waals surface area contributed by atoms with Crippen LogP contribution in [0, 0.1) is 40.4 Å². The van der Waals surface area contributed by atoms with Crippen LogP contribution in [0.25, 0.3) is 0 Å². The van der Waals surface area contributed by atoms with E-state index in [4.69, 9.17) is 0 Å². The monoisotopic (exact) mass is 314 g/mol. The summed E-state index contributed by atoms with van der Waals surface area (Å²) in [4.78, 5) is 12.5. The molecule has 0 N–H and O–H groups in total. The van der Waals surface area contributed by atoms with E-state index in [-0.39, 0.29) is 5.41 Å². The lowest BCUT2D eigenvalue weighted by atomic mass is 9.45. The van der Waals surface area contributed by atoms with Crippen molar-refractivity contribution in [3.63, 3.8) is 0 Å². The second-order valence-electron chi connectivity index (χ2n) is 10.0. The normalized spacial score (nSPS) is 52.9. The van der Waals surface area contributed by atoms with Crippen LogP contribution in [0.15, 0.2) is 11.1 Å². The molecule has 3 fully saturated rings. The highest BCUT2D eigenvalue weighted by Crippen LogP contribution is 2.66. The van der Waals surface area contributed by atoms with Crippen molar-refractivity contribution in [3.8, 4) is 0 Å². The van der Waals surface area contributed by atoms with E-state index in [9.17, 15) is 4.79 Å². The predicted molar refractivity (Wildman–Crippen MR) is 95.0 cm³/mol. The average molecular weight is 315 g/mol. The summed E-state index contributed by atoms with van der Waals surface area (Å²) in [5.41, 5.74) is 3.95. The van der Waals surface area contributed by atoms with Crippen molar-refractivity contribution in [3.05, 3.63) is 11.1 Å². The van der Waals surface area contributed by atoms with Gasteiger partial charge in [0.15, 0.2) is 0 Å². The minimum Gasteiger partial charge on any atom is -0.299 e. The molecular formula is C22H34O. The Hall–Kier alpha value is -0.590. The number of carbonyl (C=O) groups excluding carboxylic acids is 1. The van der Waals surface area contributed by atoms with Gasteiger partial charge in [0.25, 0.3) is 0 Å². The third kappa shape index (κ3) is 2.01. The lowest BCUT2D eigenvalue weighted by Gasteiger charge is -2.59. The summed E-state index contributed by atoms with van der Waals surface area (Å²) < 4.78 is 0. The number of allylic oxidation sites excluding steroid dienone is 2. The summed E-state index contributed by atoms with van der Waals surface area (Å²) in [5.74, 6) is 4.52. The van der Waals surface area contributed by atoms with Crippen molar-refractivity contribution in [2.45, 2.75) is 79.6 Å². The average Bonchev–Trinajstić information content (AvgIpc) is 2.78. The third-order valence-electron chi connectivity index (χ3n) is 8.95. The Morgan fingerprint density at radius 3 is 2.39 bits per heavy atom. The van der Waals surface area contributed by atoms with Crippen molar-refractivity contribution in [2.24, 2.45) is 40.4 Å². The zero-order valence-electron chi connectivity index (χ0n) is 15.7. The van der Waals surface area contributed by atoms with E-state index < -0.39 is 0 Å². The van der Waals surface area contributed by atoms with E-state index in [0.29, 0.717) is 17.1 Å². The van der Waals surface area contributed by atoms with Gasteiger partial charge in [0, 0.05) is 11.8 Å². The molecule has 0 aromatic carbocycles. The van der Waals surface area contributed by atoms with Crippen LogP contribution < -0.4 is 0 Å². The fourth-order valence-electron chi connectivity index (χ4n) is 7.40. The Morgan fingerprint density at radius 2 is 1.65 bits per heavy atom. The van der Waals surface area contributed by atoms with Crippen LogP contribution in [-0.4, -0.2) is 5.78 Å². The predicted octanol–water partition coefficient (Wildman–Crippen LogP) is 5.79. The first-order valence-corrected chi connectivity index (χ1v) is 10.00. The number of hydrogen-bond donors (Lipinski definition) is 0. The minimum absolute atomic E-state index is 0.0168. The van der Waals surface area contributed by atoms with Gasteiger partial charge in [0.1, 0.15) is 5.78 Å². The Morgan fingerprint density at radius 1 is 0.957 bits per heavy atom. The van der Waals surface area contributed by atoms with Crippen LogP contribution in [0.3, 0.4) is 0 Å². The Labute approximate surface area is 142 Å². The first-order valence-electron chi connectivity index (χ1n) is 10.00. The van der Waals surface area contributed by atoms with E-state index in [1.807, 2.05) is 5.57 Å². The lowest BCUT2D eigenvalue weighted by molar-refractivity contribution is -0.132. The Bertz CT molecular complexity index is 573. The van der Waals surface area contributed by atoms with E-state index in [1.54, 1.807) is 5.57 Å². The maximum absolute atomic E-state index is 12.5. The second kappa shape index (κ2) is 4.96. The van der Waals surface area contributed by atoms with Crippen molar-refractivity contribution in [1.29, 1.82) is 0 Å². The van der Waals surface area contributed by atoms with Gasteiger partial charge in [0.05, 0.1) is 0 Å². The molecule has 0 bridgehead atoms. The molecule has 4 aliphatic carbocycles. The molecule has 0 aromatic rings. The number of ketones is 1. The summed E-state index contributed by atoms with van der Waals surface area (Å²) in [7, 11) is 0. The zero-order chi connectivity index (χ0) is 16.6. The molecule has 23 heavy (non-hydrogen) atoms. The smallest absolute Gasteiger partial charge is 0.139 e. The summed E-state index contributed by atoms with van der Waals surface area (Å²) >= 11 is 0. The molecular weight excluding hydrogens is 280 g/mol. The van der Waals surface area contributed by atoms with Crippen LogP contribution in [0.1, 0.15) is 79.6 Å². The van der Waals surface area contributed by atoms with Crippen LogP contribution in [0.4, 0.5) is 0 Å². The van der Waals surface area contributed by atoms with Gasteiger partial charge in [-0.3, -0.25) is 4.79 Å². The summed E-state index contributed by atoms with van der Waals surface area (Å²) in [5, 5.41) is 0. The van der Waals surface area contributed by atoms with E-state index in [0.717, 1.165) is 36.5 Å². The highest BCUT2D eigenvalue weighted by atomic mass is 16.1. The van der Waals surface area contributed by atoms with E-state index in [1.165, 1.54) is 32.1 Å². The molecule has 0 aliphatic heterocycles. The first-order chi connectivity index (χ1) is 10.8.